The van der Waals surface area contributed by atoms with Gasteiger partial charge >= 0.3 is 0 Å². The van der Waals surface area contributed by atoms with Crippen LogP contribution >= 0.6 is 0 Å². The van der Waals surface area contributed by atoms with Crippen molar-refractivity contribution < 1.29 is 4.79 Å². The second-order valence-corrected chi connectivity index (χ2v) is 4.46. The minimum atomic E-state index is -0.247. The van der Waals surface area contributed by atoms with E-state index in [1.807, 2.05) is 0 Å². The average Bonchev–Trinajstić information content (AvgIpc) is 2.28. The lowest BCUT2D eigenvalue weighted by molar-refractivity contribution is -0.118. The fourth-order valence-electron chi connectivity index (χ4n) is 1.86. The number of aryl methyl sites for hydroxylation is 2. The maximum absolute atomic E-state index is 10.6. The highest BCUT2D eigenvalue weighted by Gasteiger charge is 2.02. The van der Waals surface area contributed by atoms with E-state index >= 15 is 0 Å². The summed E-state index contributed by atoms with van der Waals surface area (Å²) in [6, 6.07) is 6.25. The molecule has 0 spiro atoms. The molecule has 1 aromatic rings. The largest absolute Gasteiger partial charge is 0.398 e. The van der Waals surface area contributed by atoms with Crippen molar-refractivity contribution in [1.29, 1.82) is 0 Å². The molecule has 1 aromatic carbocycles. The zero-order valence-corrected chi connectivity index (χ0v) is 10.5. The highest BCUT2D eigenvalue weighted by molar-refractivity contribution is 5.73. The molecule has 1 rings (SSSR count). The first-order valence-electron chi connectivity index (χ1n) is 6.29. The van der Waals surface area contributed by atoms with Gasteiger partial charge < -0.3 is 11.5 Å². The molecule has 0 aliphatic rings. The molecule has 94 valence electrons. The van der Waals surface area contributed by atoms with Crippen LogP contribution in [0.3, 0.4) is 0 Å². The molecular formula is C14H22N2O. The van der Waals surface area contributed by atoms with Gasteiger partial charge in [0.25, 0.3) is 0 Å². The summed E-state index contributed by atoms with van der Waals surface area (Å²) in [4.78, 5) is 10.6. The van der Waals surface area contributed by atoms with Gasteiger partial charge in [-0.1, -0.05) is 25.5 Å². The van der Waals surface area contributed by atoms with E-state index in [1.54, 1.807) is 0 Å². The highest BCUT2D eigenvalue weighted by atomic mass is 16.1. The molecule has 17 heavy (non-hydrogen) atoms. The number of hydrogen-bond donors (Lipinski definition) is 2. The molecular weight excluding hydrogens is 212 g/mol. The van der Waals surface area contributed by atoms with Crippen LogP contribution in [0.1, 0.15) is 43.7 Å². The number of amides is 1. The Kier molecular flexibility index (Phi) is 5.53. The lowest BCUT2D eigenvalue weighted by Gasteiger charge is -2.07. The Labute approximate surface area is 103 Å². The number of benzene rings is 1. The standard InChI is InChI=1S/C14H22N2O/c1-2-3-5-11-8-9-12(13(15)10-11)6-4-7-14(16)17/h8-10H,2-7,15H2,1H3,(H2,16,17). The van der Waals surface area contributed by atoms with E-state index in [2.05, 4.69) is 25.1 Å². The van der Waals surface area contributed by atoms with Gasteiger partial charge in [0.15, 0.2) is 0 Å². The Bertz CT molecular complexity index is 374. The molecule has 3 heteroatoms. The fraction of sp³-hybridized carbons (Fsp3) is 0.500. The van der Waals surface area contributed by atoms with Crippen molar-refractivity contribution in [2.45, 2.75) is 45.4 Å². The number of carbonyl (C=O) groups excluding carboxylic acids is 1. The van der Waals surface area contributed by atoms with Gasteiger partial charge in [0.05, 0.1) is 0 Å². The second-order valence-electron chi connectivity index (χ2n) is 4.46. The number of nitrogen functional groups attached to an aromatic ring is 1. The molecule has 0 fully saturated rings. The van der Waals surface area contributed by atoms with Crippen LogP contribution in [0.4, 0.5) is 5.69 Å². The van der Waals surface area contributed by atoms with Gasteiger partial charge in [0.2, 0.25) is 5.91 Å². The first kappa shape index (κ1) is 13.6. The number of nitrogens with two attached hydrogens (primary N) is 2. The van der Waals surface area contributed by atoms with Crippen LogP contribution in [0, 0.1) is 0 Å². The lowest BCUT2D eigenvalue weighted by atomic mass is 10.0. The molecule has 1 amide bonds. The Morgan fingerprint density at radius 2 is 2.00 bits per heavy atom. The van der Waals surface area contributed by atoms with Crippen molar-refractivity contribution in [3.05, 3.63) is 29.3 Å². The first-order chi connectivity index (χ1) is 8.13. The van der Waals surface area contributed by atoms with E-state index in [1.165, 1.54) is 18.4 Å². The van der Waals surface area contributed by atoms with Crippen LogP contribution in [0.2, 0.25) is 0 Å². The average molecular weight is 234 g/mol. The van der Waals surface area contributed by atoms with Crippen LogP contribution in [0.5, 0.6) is 0 Å². The predicted octanol–water partition coefficient (Wildman–Crippen LogP) is 2.42. The van der Waals surface area contributed by atoms with Crippen LogP contribution in [-0.4, -0.2) is 5.91 Å². The molecule has 4 N–H and O–H groups in total. The maximum Gasteiger partial charge on any atom is 0.217 e. The number of anilines is 1. The van der Waals surface area contributed by atoms with Gasteiger partial charge in [-0.25, -0.2) is 0 Å². The Hall–Kier alpha value is -1.51. The third-order valence-electron chi connectivity index (χ3n) is 2.90. The normalized spacial score (nSPS) is 10.4. The summed E-state index contributed by atoms with van der Waals surface area (Å²) in [5.41, 5.74) is 14.3. The van der Waals surface area contributed by atoms with Crippen LogP contribution in [0.25, 0.3) is 0 Å². The third kappa shape index (κ3) is 4.89. The van der Waals surface area contributed by atoms with Gasteiger partial charge in [-0.2, -0.15) is 0 Å². The van der Waals surface area contributed by atoms with E-state index in [0.717, 1.165) is 30.5 Å². The van der Waals surface area contributed by atoms with E-state index in [0.29, 0.717) is 6.42 Å². The molecule has 0 heterocycles. The molecule has 3 nitrogen and oxygen atoms in total. The topological polar surface area (TPSA) is 69.1 Å². The number of primary amides is 1. The lowest BCUT2D eigenvalue weighted by Crippen LogP contribution is -2.10. The van der Waals surface area contributed by atoms with Gasteiger partial charge in [0.1, 0.15) is 0 Å². The first-order valence-corrected chi connectivity index (χ1v) is 6.29. The third-order valence-corrected chi connectivity index (χ3v) is 2.90. The minimum Gasteiger partial charge on any atom is -0.398 e. The maximum atomic E-state index is 10.6. The summed E-state index contributed by atoms with van der Waals surface area (Å²) in [5.74, 6) is -0.247. The summed E-state index contributed by atoms with van der Waals surface area (Å²) in [7, 11) is 0. The van der Waals surface area contributed by atoms with Crippen molar-refractivity contribution in [1.82, 2.24) is 0 Å². The minimum absolute atomic E-state index is 0.247. The second kappa shape index (κ2) is 6.94. The van der Waals surface area contributed by atoms with Gasteiger partial charge in [0, 0.05) is 12.1 Å². The molecule has 0 aliphatic carbocycles. The van der Waals surface area contributed by atoms with Crippen LogP contribution in [0.15, 0.2) is 18.2 Å². The van der Waals surface area contributed by atoms with Crippen molar-refractivity contribution in [2.75, 3.05) is 5.73 Å². The Morgan fingerprint density at radius 3 is 2.59 bits per heavy atom. The molecule has 0 unspecified atom stereocenters. The van der Waals surface area contributed by atoms with Gasteiger partial charge in [-0.3, -0.25) is 4.79 Å². The molecule has 0 radical (unpaired) electrons. The van der Waals surface area contributed by atoms with Crippen molar-refractivity contribution in [2.24, 2.45) is 5.73 Å². The number of hydrogen-bond acceptors (Lipinski definition) is 2. The zero-order valence-electron chi connectivity index (χ0n) is 10.5. The number of rotatable bonds is 7. The number of carbonyl (C=O) groups is 1. The van der Waals surface area contributed by atoms with Gasteiger partial charge in [-0.15, -0.1) is 0 Å². The van der Waals surface area contributed by atoms with E-state index < -0.39 is 0 Å². The molecule has 0 aromatic heterocycles. The fourth-order valence-corrected chi connectivity index (χ4v) is 1.86. The van der Waals surface area contributed by atoms with Crippen LogP contribution < -0.4 is 11.5 Å². The summed E-state index contributed by atoms with van der Waals surface area (Å²) >= 11 is 0. The Balaban J connectivity index is 2.53. The molecule has 0 aliphatic heterocycles. The van der Waals surface area contributed by atoms with Crippen molar-refractivity contribution in [3.63, 3.8) is 0 Å². The Morgan fingerprint density at radius 1 is 1.24 bits per heavy atom. The van der Waals surface area contributed by atoms with Crippen molar-refractivity contribution >= 4 is 11.6 Å². The molecule has 0 bridgehead atoms. The molecule has 0 saturated heterocycles. The zero-order chi connectivity index (χ0) is 12.7. The van der Waals surface area contributed by atoms with Crippen molar-refractivity contribution in [3.8, 4) is 0 Å². The molecule has 0 saturated carbocycles. The summed E-state index contributed by atoms with van der Waals surface area (Å²) in [6.07, 6.45) is 5.50. The smallest absolute Gasteiger partial charge is 0.217 e. The van der Waals surface area contributed by atoms with E-state index in [-0.39, 0.29) is 5.91 Å². The quantitative estimate of drug-likeness (QED) is 0.711. The van der Waals surface area contributed by atoms with Gasteiger partial charge in [-0.05, 0) is 42.9 Å². The molecule has 0 atom stereocenters. The number of unbranched alkanes of at least 4 members (excludes halogenated alkanes) is 1. The van der Waals surface area contributed by atoms with E-state index in [4.69, 9.17) is 11.5 Å². The summed E-state index contributed by atoms with van der Waals surface area (Å²) in [6.45, 7) is 2.18. The summed E-state index contributed by atoms with van der Waals surface area (Å²) < 4.78 is 0. The highest BCUT2D eigenvalue weighted by Crippen LogP contribution is 2.18. The SMILES string of the molecule is CCCCc1ccc(CCCC(N)=O)c(N)c1. The van der Waals surface area contributed by atoms with E-state index in [9.17, 15) is 4.79 Å². The summed E-state index contributed by atoms with van der Waals surface area (Å²) in [5, 5.41) is 0. The van der Waals surface area contributed by atoms with Crippen LogP contribution in [-0.2, 0) is 17.6 Å². The predicted molar refractivity (Wildman–Crippen MR) is 71.6 cm³/mol. The monoisotopic (exact) mass is 234 g/mol.